The Balaban J connectivity index is 1.74. The van der Waals surface area contributed by atoms with Crippen LogP contribution >= 0.6 is 0 Å². The zero-order valence-corrected chi connectivity index (χ0v) is 14.7. The van der Waals surface area contributed by atoms with Gasteiger partial charge in [0.05, 0.1) is 26.9 Å². The molecular formula is C18H29N2O4+. The molecule has 0 bridgehead atoms. The van der Waals surface area contributed by atoms with E-state index >= 15 is 0 Å². The molecular weight excluding hydrogens is 308 g/mol. The number of benzene rings is 1. The number of ether oxygens (including phenoxy) is 3. The third kappa shape index (κ3) is 5.69. The van der Waals surface area contributed by atoms with Crippen LogP contribution in [0.3, 0.4) is 0 Å². The van der Waals surface area contributed by atoms with Crippen molar-refractivity contribution in [1.29, 1.82) is 0 Å². The molecule has 6 nitrogen and oxygen atoms in total. The number of hydrogen-bond donors (Lipinski definition) is 2. The Hall–Kier alpha value is -1.79. The quantitative estimate of drug-likeness (QED) is 0.635. The topological polar surface area (TPSA) is 61.2 Å². The van der Waals surface area contributed by atoms with Crippen LogP contribution in [0.2, 0.25) is 0 Å². The lowest BCUT2D eigenvalue weighted by atomic mass is 10.2. The van der Waals surface area contributed by atoms with E-state index in [2.05, 4.69) is 5.32 Å². The predicted molar refractivity (Wildman–Crippen MR) is 91.7 cm³/mol. The highest BCUT2D eigenvalue weighted by atomic mass is 16.5. The highest BCUT2D eigenvalue weighted by Crippen LogP contribution is 2.27. The van der Waals surface area contributed by atoms with Crippen molar-refractivity contribution in [2.75, 3.05) is 46.5 Å². The van der Waals surface area contributed by atoms with Gasteiger partial charge in [-0.2, -0.15) is 0 Å². The monoisotopic (exact) mass is 337 g/mol. The van der Waals surface area contributed by atoms with Crippen molar-refractivity contribution in [1.82, 2.24) is 5.32 Å². The van der Waals surface area contributed by atoms with Crippen LogP contribution in [-0.4, -0.2) is 58.5 Å². The van der Waals surface area contributed by atoms with E-state index in [-0.39, 0.29) is 5.91 Å². The number of morpholine rings is 1. The molecule has 1 heterocycles. The van der Waals surface area contributed by atoms with Crippen LogP contribution < -0.4 is 19.7 Å². The maximum Gasteiger partial charge on any atom is 0.261 e. The number of carbonyl (C=O) groups excluding carboxylic acids is 1. The SMILES string of the molecule is CC[C@H](Oc1ccccc1OC)C(=O)NCCC[NH+]1CCOCC1. The lowest BCUT2D eigenvalue weighted by Crippen LogP contribution is -3.14. The lowest BCUT2D eigenvalue weighted by molar-refractivity contribution is -0.908. The van der Waals surface area contributed by atoms with Gasteiger partial charge in [0, 0.05) is 13.0 Å². The molecule has 6 heteroatoms. The Morgan fingerprint density at radius 1 is 1.29 bits per heavy atom. The molecule has 1 fully saturated rings. The summed E-state index contributed by atoms with van der Waals surface area (Å²) in [6.45, 7) is 7.48. The Labute approximate surface area is 144 Å². The summed E-state index contributed by atoms with van der Waals surface area (Å²) >= 11 is 0. The Bertz CT molecular complexity index is 504. The summed E-state index contributed by atoms with van der Waals surface area (Å²) in [7, 11) is 1.59. The third-order valence-electron chi connectivity index (χ3n) is 4.21. The van der Waals surface area contributed by atoms with E-state index in [1.54, 1.807) is 12.0 Å². The molecule has 2 rings (SSSR count). The minimum absolute atomic E-state index is 0.0691. The number of nitrogens with one attached hydrogen (secondary N) is 2. The average Bonchev–Trinajstić information content (AvgIpc) is 2.64. The van der Waals surface area contributed by atoms with Gasteiger partial charge in [0.2, 0.25) is 0 Å². The molecule has 0 radical (unpaired) electrons. The van der Waals surface area contributed by atoms with Crippen LogP contribution in [0.1, 0.15) is 19.8 Å². The second-order valence-corrected chi connectivity index (χ2v) is 5.92. The fraction of sp³-hybridized carbons (Fsp3) is 0.611. The van der Waals surface area contributed by atoms with Gasteiger partial charge in [-0.25, -0.2) is 0 Å². The van der Waals surface area contributed by atoms with Crippen LogP contribution in [0, 0.1) is 0 Å². The van der Waals surface area contributed by atoms with E-state index in [1.807, 2.05) is 31.2 Å². The van der Waals surface area contributed by atoms with Crippen LogP contribution in [0.5, 0.6) is 11.5 Å². The molecule has 1 aromatic carbocycles. The summed E-state index contributed by atoms with van der Waals surface area (Å²) in [6.07, 6.45) is 1.07. The van der Waals surface area contributed by atoms with E-state index in [0.29, 0.717) is 24.5 Å². The average molecular weight is 337 g/mol. The molecule has 0 saturated carbocycles. The van der Waals surface area contributed by atoms with E-state index < -0.39 is 6.10 Å². The maximum absolute atomic E-state index is 12.3. The molecule has 1 aliphatic rings. The minimum Gasteiger partial charge on any atom is -0.493 e. The molecule has 1 saturated heterocycles. The van der Waals surface area contributed by atoms with Gasteiger partial charge in [0.15, 0.2) is 17.6 Å². The minimum atomic E-state index is -0.503. The first kappa shape index (κ1) is 18.5. The summed E-state index contributed by atoms with van der Waals surface area (Å²) in [6, 6.07) is 7.38. The summed E-state index contributed by atoms with van der Waals surface area (Å²) in [5.41, 5.74) is 0. The van der Waals surface area contributed by atoms with E-state index in [0.717, 1.165) is 39.3 Å². The molecule has 0 aliphatic carbocycles. The number of hydrogen-bond acceptors (Lipinski definition) is 4. The zero-order chi connectivity index (χ0) is 17.2. The molecule has 0 aromatic heterocycles. The van der Waals surface area contributed by atoms with E-state index in [9.17, 15) is 4.79 Å². The number of para-hydroxylation sites is 2. The van der Waals surface area contributed by atoms with Crippen molar-refractivity contribution in [3.8, 4) is 11.5 Å². The normalized spacial score (nSPS) is 16.4. The third-order valence-corrected chi connectivity index (χ3v) is 4.21. The molecule has 0 spiro atoms. The number of rotatable bonds is 9. The zero-order valence-electron chi connectivity index (χ0n) is 14.7. The Kier molecular flexibility index (Phi) is 7.85. The van der Waals surface area contributed by atoms with Crippen molar-refractivity contribution in [2.24, 2.45) is 0 Å². The molecule has 1 aliphatic heterocycles. The number of quaternary nitrogens is 1. The highest BCUT2D eigenvalue weighted by molar-refractivity contribution is 5.81. The standard InChI is InChI=1S/C18H28N2O4/c1-3-15(24-17-8-5-4-7-16(17)22-2)18(21)19-9-6-10-20-11-13-23-14-12-20/h4-5,7-8,15H,3,6,9-14H2,1-2H3,(H,19,21)/p+1/t15-/m0/s1. The van der Waals surface area contributed by atoms with Gasteiger partial charge in [-0.15, -0.1) is 0 Å². The maximum atomic E-state index is 12.3. The van der Waals surface area contributed by atoms with Crippen molar-refractivity contribution < 1.29 is 23.9 Å². The van der Waals surface area contributed by atoms with Crippen molar-refractivity contribution in [3.63, 3.8) is 0 Å². The predicted octanol–water partition coefficient (Wildman–Crippen LogP) is 0.274. The summed E-state index contributed by atoms with van der Waals surface area (Å²) in [5, 5.41) is 2.98. The Morgan fingerprint density at radius 3 is 2.67 bits per heavy atom. The van der Waals surface area contributed by atoms with Gasteiger partial charge in [0.25, 0.3) is 5.91 Å². The molecule has 0 unspecified atom stereocenters. The number of carbonyl (C=O) groups is 1. The first-order chi connectivity index (χ1) is 11.7. The molecule has 2 N–H and O–H groups in total. The first-order valence-corrected chi connectivity index (χ1v) is 8.73. The van der Waals surface area contributed by atoms with Gasteiger partial charge >= 0.3 is 0 Å². The fourth-order valence-corrected chi connectivity index (χ4v) is 2.77. The second-order valence-electron chi connectivity index (χ2n) is 5.92. The van der Waals surface area contributed by atoms with E-state index in [4.69, 9.17) is 14.2 Å². The summed E-state index contributed by atoms with van der Waals surface area (Å²) < 4.78 is 16.5. The van der Waals surface area contributed by atoms with Crippen molar-refractivity contribution in [2.45, 2.75) is 25.9 Å². The molecule has 24 heavy (non-hydrogen) atoms. The van der Waals surface area contributed by atoms with Gasteiger partial charge in [-0.3, -0.25) is 4.79 Å². The van der Waals surface area contributed by atoms with Crippen LogP contribution in [0.15, 0.2) is 24.3 Å². The number of methoxy groups -OCH3 is 1. The van der Waals surface area contributed by atoms with Crippen LogP contribution in [0.25, 0.3) is 0 Å². The Morgan fingerprint density at radius 2 is 2.00 bits per heavy atom. The van der Waals surface area contributed by atoms with Gasteiger partial charge in [-0.1, -0.05) is 19.1 Å². The first-order valence-electron chi connectivity index (χ1n) is 8.73. The lowest BCUT2D eigenvalue weighted by Gasteiger charge is -2.24. The van der Waals surface area contributed by atoms with Crippen LogP contribution in [-0.2, 0) is 9.53 Å². The fourth-order valence-electron chi connectivity index (χ4n) is 2.77. The van der Waals surface area contributed by atoms with Crippen LogP contribution in [0.4, 0.5) is 0 Å². The summed E-state index contributed by atoms with van der Waals surface area (Å²) in [4.78, 5) is 13.9. The van der Waals surface area contributed by atoms with Crippen molar-refractivity contribution in [3.05, 3.63) is 24.3 Å². The highest BCUT2D eigenvalue weighted by Gasteiger charge is 2.20. The van der Waals surface area contributed by atoms with E-state index in [1.165, 1.54) is 0 Å². The number of amides is 1. The smallest absolute Gasteiger partial charge is 0.261 e. The van der Waals surface area contributed by atoms with Gasteiger partial charge < -0.3 is 24.4 Å². The van der Waals surface area contributed by atoms with Gasteiger partial charge in [-0.05, 0) is 18.6 Å². The van der Waals surface area contributed by atoms with Gasteiger partial charge in [0.1, 0.15) is 13.1 Å². The van der Waals surface area contributed by atoms with Crippen molar-refractivity contribution >= 4 is 5.91 Å². The molecule has 134 valence electrons. The summed E-state index contributed by atoms with van der Waals surface area (Å²) in [5.74, 6) is 1.17. The molecule has 1 atom stereocenters. The second kappa shape index (κ2) is 10.2. The molecule has 1 amide bonds. The largest absolute Gasteiger partial charge is 0.493 e. The molecule has 1 aromatic rings.